The first-order valence-electron chi connectivity index (χ1n) is 7.50. The molecule has 3 aromatic rings. The van der Waals surface area contributed by atoms with Crippen molar-refractivity contribution in [2.45, 2.75) is 0 Å². The van der Waals surface area contributed by atoms with Gasteiger partial charge < -0.3 is 15.4 Å². The van der Waals surface area contributed by atoms with E-state index >= 15 is 0 Å². The lowest BCUT2D eigenvalue weighted by atomic mass is 10.2. The Morgan fingerprint density at radius 2 is 1.88 bits per heavy atom. The van der Waals surface area contributed by atoms with Crippen LogP contribution in [0.15, 0.2) is 54.9 Å². The van der Waals surface area contributed by atoms with Crippen molar-refractivity contribution in [3.8, 4) is 11.4 Å². The van der Waals surface area contributed by atoms with Gasteiger partial charge in [0.25, 0.3) is 0 Å². The largest absolute Gasteiger partial charge is 0.495 e. The quantitative estimate of drug-likeness (QED) is 0.708. The summed E-state index contributed by atoms with van der Waals surface area (Å²) in [6, 6.07) is 12.5. The molecular formula is C17H16ClN5O2. The third-order valence-corrected chi connectivity index (χ3v) is 3.64. The van der Waals surface area contributed by atoms with Gasteiger partial charge in [-0.25, -0.2) is 0 Å². The van der Waals surface area contributed by atoms with Crippen molar-refractivity contribution in [1.29, 1.82) is 0 Å². The van der Waals surface area contributed by atoms with Crippen LogP contribution in [0.2, 0.25) is 5.02 Å². The highest BCUT2D eigenvalue weighted by molar-refractivity contribution is 6.31. The number of nitrogens with zero attached hydrogens (tertiary/aromatic N) is 3. The van der Waals surface area contributed by atoms with E-state index in [4.69, 9.17) is 16.3 Å². The zero-order valence-electron chi connectivity index (χ0n) is 13.4. The Bertz CT molecular complexity index is 850. The molecule has 0 saturated carbocycles. The fourth-order valence-electron chi connectivity index (χ4n) is 2.22. The van der Waals surface area contributed by atoms with E-state index < -0.39 is 0 Å². The molecule has 1 heterocycles. The number of hydrogen-bond donors (Lipinski definition) is 2. The van der Waals surface area contributed by atoms with Crippen LogP contribution in [0.1, 0.15) is 0 Å². The maximum Gasteiger partial charge on any atom is 0.243 e. The summed E-state index contributed by atoms with van der Waals surface area (Å²) in [5.74, 6) is 0.340. The molecule has 2 N–H and O–H groups in total. The van der Waals surface area contributed by atoms with E-state index in [1.54, 1.807) is 30.6 Å². The molecule has 0 fully saturated rings. The minimum absolute atomic E-state index is 0.106. The molecule has 1 amide bonds. The highest BCUT2D eigenvalue weighted by Crippen LogP contribution is 2.27. The predicted octanol–water partition coefficient (Wildman–Crippen LogP) is 2.98. The number of carbonyl (C=O) groups excluding carboxylic acids is 1. The van der Waals surface area contributed by atoms with E-state index in [9.17, 15) is 4.79 Å². The van der Waals surface area contributed by atoms with Gasteiger partial charge in [0, 0.05) is 10.7 Å². The lowest BCUT2D eigenvalue weighted by Crippen LogP contribution is -2.22. The van der Waals surface area contributed by atoms with Crippen LogP contribution >= 0.6 is 11.6 Å². The van der Waals surface area contributed by atoms with Crippen LogP contribution in [0.4, 0.5) is 11.4 Å². The summed E-state index contributed by atoms with van der Waals surface area (Å²) >= 11 is 5.95. The number of hydrogen-bond acceptors (Lipinski definition) is 5. The summed E-state index contributed by atoms with van der Waals surface area (Å²) in [5, 5.41) is 14.5. The van der Waals surface area contributed by atoms with Gasteiger partial charge in [0.05, 0.1) is 37.4 Å². The van der Waals surface area contributed by atoms with E-state index in [1.807, 2.05) is 24.3 Å². The van der Waals surface area contributed by atoms with Crippen LogP contribution in [0.25, 0.3) is 5.69 Å². The second kappa shape index (κ2) is 7.67. The molecule has 0 radical (unpaired) electrons. The zero-order valence-corrected chi connectivity index (χ0v) is 14.2. The Labute approximate surface area is 149 Å². The monoisotopic (exact) mass is 357 g/mol. The molecule has 2 aromatic carbocycles. The van der Waals surface area contributed by atoms with Crippen molar-refractivity contribution in [1.82, 2.24) is 15.0 Å². The molecule has 7 nitrogen and oxygen atoms in total. The highest BCUT2D eigenvalue weighted by Gasteiger charge is 2.08. The van der Waals surface area contributed by atoms with E-state index in [-0.39, 0.29) is 12.5 Å². The van der Waals surface area contributed by atoms with Crippen molar-refractivity contribution < 1.29 is 9.53 Å². The van der Waals surface area contributed by atoms with Crippen LogP contribution in [-0.4, -0.2) is 34.6 Å². The van der Waals surface area contributed by atoms with Gasteiger partial charge in [0.1, 0.15) is 5.75 Å². The standard InChI is InChI=1S/C17H16ClN5O2/c1-25-16-7-2-12(18)10-15(16)22-17(24)11-19-13-3-5-14(6-4-13)23-20-8-9-21-23/h2-10,19H,11H2,1H3,(H,22,24). The minimum atomic E-state index is -0.210. The Morgan fingerprint density at radius 3 is 2.56 bits per heavy atom. The van der Waals surface area contributed by atoms with Gasteiger partial charge in [-0.2, -0.15) is 15.0 Å². The minimum Gasteiger partial charge on any atom is -0.495 e. The number of ether oxygens (including phenoxy) is 1. The molecule has 128 valence electrons. The van der Waals surface area contributed by atoms with Crippen molar-refractivity contribution in [2.75, 3.05) is 24.3 Å². The Morgan fingerprint density at radius 1 is 1.16 bits per heavy atom. The van der Waals surface area contributed by atoms with E-state index in [2.05, 4.69) is 20.8 Å². The van der Waals surface area contributed by atoms with Crippen molar-refractivity contribution in [2.24, 2.45) is 0 Å². The molecule has 0 saturated heterocycles. The lowest BCUT2D eigenvalue weighted by molar-refractivity contribution is -0.114. The maximum absolute atomic E-state index is 12.1. The molecule has 0 aliphatic carbocycles. The van der Waals surface area contributed by atoms with E-state index in [1.165, 1.54) is 11.9 Å². The van der Waals surface area contributed by atoms with Crippen LogP contribution in [0.5, 0.6) is 5.75 Å². The van der Waals surface area contributed by atoms with Crippen molar-refractivity contribution in [3.05, 3.63) is 59.9 Å². The summed E-state index contributed by atoms with van der Waals surface area (Å²) in [7, 11) is 1.53. The average Bonchev–Trinajstić information content (AvgIpc) is 3.15. The third kappa shape index (κ3) is 4.27. The number of rotatable bonds is 6. The molecule has 1 aromatic heterocycles. The maximum atomic E-state index is 12.1. The van der Waals surface area contributed by atoms with Crippen molar-refractivity contribution >= 4 is 28.9 Å². The number of benzene rings is 2. The first kappa shape index (κ1) is 16.8. The first-order valence-corrected chi connectivity index (χ1v) is 7.87. The highest BCUT2D eigenvalue weighted by atomic mass is 35.5. The Kier molecular flexibility index (Phi) is 5.15. The molecule has 0 aliphatic heterocycles. The number of nitrogens with one attached hydrogen (secondary N) is 2. The Balaban J connectivity index is 1.58. The number of halogens is 1. The van der Waals surface area contributed by atoms with Gasteiger partial charge in [-0.15, -0.1) is 0 Å². The van der Waals surface area contributed by atoms with Crippen molar-refractivity contribution in [3.63, 3.8) is 0 Å². The third-order valence-electron chi connectivity index (χ3n) is 3.41. The van der Waals surface area contributed by atoms with Gasteiger partial charge in [-0.05, 0) is 42.5 Å². The summed E-state index contributed by atoms with van der Waals surface area (Å²) in [4.78, 5) is 13.6. The smallest absolute Gasteiger partial charge is 0.243 e. The summed E-state index contributed by atoms with van der Waals surface area (Å²) in [6.07, 6.45) is 3.22. The Hall–Kier alpha value is -3.06. The van der Waals surface area contributed by atoms with Gasteiger partial charge in [0.15, 0.2) is 0 Å². The van der Waals surface area contributed by atoms with E-state index in [0.717, 1.165) is 11.4 Å². The molecule has 8 heteroatoms. The zero-order chi connectivity index (χ0) is 17.6. The van der Waals surface area contributed by atoms with Gasteiger partial charge in [-0.3, -0.25) is 4.79 Å². The summed E-state index contributed by atoms with van der Waals surface area (Å²) < 4.78 is 5.20. The molecule has 3 rings (SSSR count). The SMILES string of the molecule is COc1ccc(Cl)cc1NC(=O)CNc1ccc(-n2nccn2)cc1. The molecule has 0 aliphatic rings. The normalized spacial score (nSPS) is 10.3. The van der Waals surface area contributed by atoms with Crippen LogP contribution < -0.4 is 15.4 Å². The molecular weight excluding hydrogens is 342 g/mol. The van der Waals surface area contributed by atoms with Gasteiger partial charge >= 0.3 is 0 Å². The topological polar surface area (TPSA) is 81.1 Å². The molecule has 0 unspecified atom stereocenters. The number of anilines is 2. The number of carbonyl (C=O) groups is 1. The number of methoxy groups -OCH3 is 1. The van der Waals surface area contributed by atoms with Gasteiger partial charge in [0.2, 0.25) is 5.91 Å². The van der Waals surface area contributed by atoms with Crippen LogP contribution in [0.3, 0.4) is 0 Å². The second-order valence-corrected chi connectivity index (χ2v) is 5.55. The summed E-state index contributed by atoms with van der Waals surface area (Å²) in [5.41, 5.74) is 2.18. The first-order chi connectivity index (χ1) is 12.2. The average molecular weight is 358 g/mol. The fraction of sp³-hybridized carbons (Fsp3) is 0.118. The molecule has 25 heavy (non-hydrogen) atoms. The molecule has 0 atom stereocenters. The second-order valence-electron chi connectivity index (χ2n) is 5.11. The summed E-state index contributed by atoms with van der Waals surface area (Å²) in [6.45, 7) is 0.106. The fourth-order valence-corrected chi connectivity index (χ4v) is 2.39. The molecule has 0 bridgehead atoms. The van der Waals surface area contributed by atoms with Crippen LogP contribution in [0, 0.1) is 0 Å². The molecule has 0 spiro atoms. The number of aromatic nitrogens is 3. The number of amides is 1. The van der Waals surface area contributed by atoms with Gasteiger partial charge in [-0.1, -0.05) is 11.6 Å². The van der Waals surface area contributed by atoms with Crippen LogP contribution in [-0.2, 0) is 4.79 Å². The predicted molar refractivity (Wildman–Crippen MR) is 96.5 cm³/mol. The lowest BCUT2D eigenvalue weighted by Gasteiger charge is -2.11. The van der Waals surface area contributed by atoms with E-state index in [0.29, 0.717) is 16.5 Å².